The highest BCUT2D eigenvalue weighted by atomic mass is 14.8. The molecule has 0 spiro atoms. The summed E-state index contributed by atoms with van der Waals surface area (Å²) in [5.41, 5.74) is 3.41. The Morgan fingerprint density at radius 1 is 0.792 bits per heavy atom. The zero-order valence-electron chi connectivity index (χ0n) is 15.6. The molecule has 130 valence electrons. The second kappa shape index (κ2) is 9.56. The zero-order valence-corrected chi connectivity index (χ0v) is 15.6. The third kappa shape index (κ3) is 5.74. The maximum atomic E-state index is 4.63. The first kappa shape index (κ1) is 18.6. The van der Waals surface area contributed by atoms with Crippen LogP contribution in [0.1, 0.15) is 77.7 Å². The molecule has 0 radical (unpaired) electrons. The standard InChI is InChI=1S/C22H32N2/c1-4-5-6-7-8-9-11-16-22(2,3)19-14-15-21(24-18-19)20-13-10-12-17-23-20/h10,12-15,17-18H,4-9,11,16H2,1-3H3. The lowest BCUT2D eigenvalue weighted by Crippen LogP contribution is -2.17. The van der Waals surface area contributed by atoms with Crippen LogP contribution in [0.2, 0.25) is 0 Å². The van der Waals surface area contributed by atoms with Gasteiger partial charge in [0.05, 0.1) is 11.4 Å². The van der Waals surface area contributed by atoms with Crippen LogP contribution in [0.4, 0.5) is 0 Å². The van der Waals surface area contributed by atoms with Gasteiger partial charge in [-0.2, -0.15) is 0 Å². The Balaban J connectivity index is 1.83. The number of rotatable bonds is 10. The highest BCUT2D eigenvalue weighted by Crippen LogP contribution is 2.30. The molecule has 0 saturated heterocycles. The molecule has 2 rings (SSSR count). The molecule has 0 aromatic carbocycles. The van der Waals surface area contributed by atoms with Gasteiger partial charge in [-0.05, 0) is 35.6 Å². The number of aromatic nitrogens is 2. The Labute approximate surface area is 147 Å². The molecular formula is C22H32N2. The van der Waals surface area contributed by atoms with E-state index < -0.39 is 0 Å². The lowest BCUT2D eigenvalue weighted by atomic mass is 9.80. The Morgan fingerprint density at radius 2 is 1.50 bits per heavy atom. The summed E-state index contributed by atoms with van der Waals surface area (Å²) in [6.45, 7) is 6.94. The van der Waals surface area contributed by atoms with Crippen molar-refractivity contribution in [2.24, 2.45) is 0 Å². The van der Waals surface area contributed by atoms with E-state index in [0.717, 1.165) is 11.4 Å². The monoisotopic (exact) mass is 324 g/mol. The van der Waals surface area contributed by atoms with Gasteiger partial charge in [0.1, 0.15) is 0 Å². The predicted molar refractivity (Wildman–Crippen MR) is 103 cm³/mol. The first-order chi connectivity index (χ1) is 11.6. The SMILES string of the molecule is CCCCCCCCCC(C)(C)c1ccc(-c2ccccn2)nc1. The molecule has 2 heteroatoms. The maximum absolute atomic E-state index is 4.63. The molecule has 2 aromatic heterocycles. The Kier molecular flexibility index (Phi) is 7.42. The number of unbranched alkanes of at least 4 members (excludes halogenated alkanes) is 6. The molecule has 0 unspecified atom stereocenters. The summed E-state index contributed by atoms with van der Waals surface area (Å²) in [5, 5.41) is 0. The molecule has 0 bridgehead atoms. The van der Waals surface area contributed by atoms with E-state index in [2.05, 4.69) is 42.9 Å². The van der Waals surface area contributed by atoms with Gasteiger partial charge in [0.2, 0.25) is 0 Å². The molecule has 0 saturated carbocycles. The summed E-state index contributed by atoms with van der Waals surface area (Å²) in [6.07, 6.45) is 14.6. The van der Waals surface area contributed by atoms with Crippen LogP contribution in [-0.4, -0.2) is 9.97 Å². The van der Waals surface area contributed by atoms with Crippen molar-refractivity contribution in [3.05, 3.63) is 48.3 Å². The normalized spacial score (nSPS) is 11.6. The average Bonchev–Trinajstić information content (AvgIpc) is 2.62. The van der Waals surface area contributed by atoms with Gasteiger partial charge in [0, 0.05) is 12.4 Å². The lowest BCUT2D eigenvalue weighted by Gasteiger charge is -2.25. The van der Waals surface area contributed by atoms with Crippen LogP contribution in [0, 0.1) is 0 Å². The maximum Gasteiger partial charge on any atom is 0.0886 e. The van der Waals surface area contributed by atoms with Crippen LogP contribution < -0.4 is 0 Å². The first-order valence-corrected chi connectivity index (χ1v) is 9.51. The summed E-state index contributed by atoms with van der Waals surface area (Å²) < 4.78 is 0. The molecule has 24 heavy (non-hydrogen) atoms. The highest BCUT2D eigenvalue weighted by Gasteiger charge is 2.20. The van der Waals surface area contributed by atoms with Gasteiger partial charge in [-0.1, -0.05) is 77.8 Å². The van der Waals surface area contributed by atoms with Gasteiger partial charge >= 0.3 is 0 Å². The third-order valence-corrected chi connectivity index (χ3v) is 4.88. The van der Waals surface area contributed by atoms with Crippen LogP contribution in [-0.2, 0) is 5.41 Å². The molecule has 2 heterocycles. The van der Waals surface area contributed by atoms with Gasteiger partial charge in [-0.3, -0.25) is 9.97 Å². The predicted octanol–water partition coefficient (Wildman–Crippen LogP) is 6.56. The Morgan fingerprint density at radius 3 is 2.12 bits per heavy atom. The zero-order chi connectivity index (χ0) is 17.3. The Bertz CT molecular complexity index is 573. The minimum absolute atomic E-state index is 0.194. The third-order valence-electron chi connectivity index (χ3n) is 4.88. The van der Waals surface area contributed by atoms with E-state index in [1.807, 2.05) is 30.6 Å². The van der Waals surface area contributed by atoms with E-state index in [1.165, 1.54) is 56.9 Å². The lowest BCUT2D eigenvalue weighted by molar-refractivity contribution is 0.441. The molecule has 0 aliphatic rings. The minimum Gasteiger partial charge on any atom is -0.255 e. The molecule has 0 aliphatic carbocycles. The highest BCUT2D eigenvalue weighted by molar-refractivity contribution is 5.53. The fourth-order valence-corrected chi connectivity index (χ4v) is 3.13. The fourth-order valence-electron chi connectivity index (χ4n) is 3.13. The van der Waals surface area contributed by atoms with E-state index in [-0.39, 0.29) is 5.41 Å². The molecule has 0 amide bonds. The van der Waals surface area contributed by atoms with Crippen LogP contribution in [0.25, 0.3) is 11.4 Å². The summed E-state index contributed by atoms with van der Waals surface area (Å²) in [6, 6.07) is 10.3. The number of pyridine rings is 2. The number of nitrogens with zero attached hydrogens (tertiary/aromatic N) is 2. The van der Waals surface area contributed by atoms with E-state index in [9.17, 15) is 0 Å². The van der Waals surface area contributed by atoms with E-state index >= 15 is 0 Å². The van der Waals surface area contributed by atoms with Crippen molar-refractivity contribution >= 4 is 0 Å². The molecule has 2 nitrogen and oxygen atoms in total. The van der Waals surface area contributed by atoms with Crippen molar-refractivity contribution in [2.45, 2.75) is 77.6 Å². The van der Waals surface area contributed by atoms with E-state index in [0.29, 0.717) is 0 Å². The van der Waals surface area contributed by atoms with Crippen molar-refractivity contribution in [1.82, 2.24) is 9.97 Å². The topological polar surface area (TPSA) is 25.8 Å². The second-order valence-corrected chi connectivity index (χ2v) is 7.40. The molecule has 2 aromatic rings. The number of hydrogen-bond acceptors (Lipinski definition) is 2. The quantitative estimate of drug-likeness (QED) is 0.462. The van der Waals surface area contributed by atoms with E-state index in [4.69, 9.17) is 0 Å². The fraction of sp³-hybridized carbons (Fsp3) is 0.545. The molecule has 0 atom stereocenters. The van der Waals surface area contributed by atoms with Gasteiger partial charge in [0.25, 0.3) is 0 Å². The molecule has 0 fully saturated rings. The summed E-state index contributed by atoms with van der Waals surface area (Å²) >= 11 is 0. The van der Waals surface area contributed by atoms with Crippen molar-refractivity contribution < 1.29 is 0 Å². The van der Waals surface area contributed by atoms with Gasteiger partial charge in [0.15, 0.2) is 0 Å². The first-order valence-electron chi connectivity index (χ1n) is 9.51. The molecular weight excluding hydrogens is 292 g/mol. The molecule has 0 aliphatic heterocycles. The largest absolute Gasteiger partial charge is 0.255 e. The van der Waals surface area contributed by atoms with Crippen molar-refractivity contribution in [1.29, 1.82) is 0 Å². The van der Waals surface area contributed by atoms with Gasteiger partial charge < -0.3 is 0 Å². The van der Waals surface area contributed by atoms with Crippen LogP contribution >= 0.6 is 0 Å². The Hall–Kier alpha value is -1.70. The van der Waals surface area contributed by atoms with Crippen molar-refractivity contribution in [3.8, 4) is 11.4 Å². The van der Waals surface area contributed by atoms with Crippen LogP contribution in [0.3, 0.4) is 0 Å². The van der Waals surface area contributed by atoms with E-state index in [1.54, 1.807) is 0 Å². The second-order valence-electron chi connectivity index (χ2n) is 7.40. The van der Waals surface area contributed by atoms with Crippen molar-refractivity contribution in [3.63, 3.8) is 0 Å². The van der Waals surface area contributed by atoms with Gasteiger partial charge in [-0.25, -0.2) is 0 Å². The van der Waals surface area contributed by atoms with Crippen LogP contribution in [0.5, 0.6) is 0 Å². The van der Waals surface area contributed by atoms with Gasteiger partial charge in [-0.15, -0.1) is 0 Å². The summed E-state index contributed by atoms with van der Waals surface area (Å²) in [4.78, 5) is 9.00. The minimum atomic E-state index is 0.194. The number of hydrogen-bond donors (Lipinski definition) is 0. The average molecular weight is 325 g/mol. The summed E-state index contributed by atoms with van der Waals surface area (Å²) in [5.74, 6) is 0. The summed E-state index contributed by atoms with van der Waals surface area (Å²) in [7, 11) is 0. The molecule has 0 N–H and O–H groups in total. The smallest absolute Gasteiger partial charge is 0.0886 e. The van der Waals surface area contributed by atoms with Crippen LogP contribution in [0.15, 0.2) is 42.7 Å². The van der Waals surface area contributed by atoms with Crippen molar-refractivity contribution in [2.75, 3.05) is 0 Å².